The van der Waals surface area contributed by atoms with Gasteiger partial charge < -0.3 is 9.16 Å². The van der Waals surface area contributed by atoms with Crippen molar-refractivity contribution in [1.29, 1.82) is 0 Å². The second kappa shape index (κ2) is 8.15. The monoisotopic (exact) mass is 394 g/mol. The van der Waals surface area contributed by atoms with Crippen LogP contribution in [0.25, 0.3) is 0 Å². The van der Waals surface area contributed by atoms with E-state index >= 15 is 0 Å². The Balaban J connectivity index is 5.05. The van der Waals surface area contributed by atoms with Gasteiger partial charge in [-0.25, -0.2) is 0 Å². The zero-order valence-electron chi connectivity index (χ0n) is 14.4. The Morgan fingerprint density at radius 2 is 1.79 bits per heavy atom. The predicted octanol–water partition coefficient (Wildman–Crippen LogP) is 3.15. The van der Waals surface area contributed by atoms with Gasteiger partial charge in [-0.05, 0) is 32.0 Å². The third-order valence-electron chi connectivity index (χ3n) is 4.10. The normalized spacial score (nSPS) is 17.2. The van der Waals surface area contributed by atoms with Crippen molar-refractivity contribution in [3.8, 4) is 0 Å². The van der Waals surface area contributed by atoms with Crippen molar-refractivity contribution in [1.82, 2.24) is 0 Å². The number of carbonyl (C=O) groups excluding carboxylic acids is 1. The summed E-state index contributed by atoms with van der Waals surface area (Å²) in [4.78, 5) is 11.8. The number of halogens is 3. The molecule has 2 atom stereocenters. The van der Waals surface area contributed by atoms with Crippen molar-refractivity contribution < 1.29 is 40.1 Å². The molecule has 0 bridgehead atoms. The number of carbonyl (C=O) groups is 1. The fourth-order valence-electron chi connectivity index (χ4n) is 2.32. The molecule has 24 heavy (non-hydrogen) atoms. The van der Waals surface area contributed by atoms with Crippen molar-refractivity contribution in [2.24, 2.45) is 0 Å². The molecule has 0 rings (SSSR count). The molecule has 0 saturated heterocycles. The van der Waals surface area contributed by atoms with Gasteiger partial charge in [-0.15, -0.1) is 0 Å². The van der Waals surface area contributed by atoms with E-state index in [0.717, 1.165) is 0 Å². The minimum absolute atomic E-state index is 0.0359. The minimum atomic E-state index is -5.14. The van der Waals surface area contributed by atoms with E-state index in [2.05, 4.69) is 4.74 Å². The molecule has 0 aliphatic carbocycles. The molecule has 0 saturated carbocycles. The van der Waals surface area contributed by atoms with E-state index in [9.17, 15) is 26.4 Å². The van der Waals surface area contributed by atoms with Crippen LogP contribution in [0.5, 0.6) is 0 Å². The van der Waals surface area contributed by atoms with Crippen LogP contribution in [-0.2, 0) is 24.1 Å². The largest absolute Gasteiger partial charge is 0.448 e. The van der Waals surface area contributed by atoms with Crippen molar-refractivity contribution in [3.05, 3.63) is 0 Å². The first-order valence-electron chi connectivity index (χ1n) is 7.37. The van der Waals surface area contributed by atoms with E-state index in [1.807, 2.05) is 20.0 Å². The maximum absolute atomic E-state index is 13.0. The van der Waals surface area contributed by atoms with Crippen molar-refractivity contribution in [3.63, 3.8) is 0 Å². The number of ether oxygens (including phenoxy) is 1. The average molecular weight is 394 g/mol. The van der Waals surface area contributed by atoms with Crippen LogP contribution < -0.4 is 0 Å². The Morgan fingerprint density at radius 3 is 2.12 bits per heavy atom. The topological polar surface area (TPSA) is 89.9 Å². The quantitative estimate of drug-likeness (QED) is 0.367. The lowest BCUT2D eigenvalue weighted by molar-refractivity contribution is -0.256. The van der Waals surface area contributed by atoms with Gasteiger partial charge in [0, 0.05) is 13.5 Å². The van der Waals surface area contributed by atoms with E-state index in [-0.39, 0.29) is 18.4 Å². The van der Waals surface area contributed by atoms with Gasteiger partial charge in [-0.2, -0.15) is 21.6 Å². The molecule has 2 unspecified atom stereocenters. The molecule has 0 aliphatic heterocycles. The summed E-state index contributed by atoms with van der Waals surface area (Å²) >= 11 is 0. The van der Waals surface area contributed by atoms with Crippen LogP contribution in [0.1, 0.15) is 33.1 Å². The van der Waals surface area contributed by atoms with Gasteiger partial charge in [0.1, 0.15) is 5.75 Å². The number of hydrogen-bond acceptors (Lipinski definition) is 5. The predicted molar refractivity (Wildman–Crippen MR) is 84.7 cm³/mol. The van der Waals surface area contributed by atoms with Crippen LogP contribution in [0, 0.1) is 0 Å². The smallest absolute Gasteiger partial charge is 0.429 e. The van der Waals surface area contributed by atoms with Gasteiger partial charge in [0.2, 0.25) is 5.60 Å². The molecule has 0 radical (unpaired) electrons. The fraction of sp³-hybridized carbons (Fsp3) is 0.923. The molecule has 11 heteroatoms. The van der Waals surface area contributed by atoms with Gasteiger partial charge in [-0.1, -0.05) is 13.3 Å². The van der Waals surface area contributed by atoms with E-state index in [0.29, 0.717) is 13.3 Å². The first kappa shape index (κ1) is 23.3. The molecule has 0 aromatic heterocycles. The lowest BCUT2D eigenvalue weighted by Crippen LogP contribution is -2.51. The van der Waals surface area contributed by atoms with E-state index in [1.54, 1.807) is 7.11 Å². The molecular formula is C13H25F3O6SSi. The standard InChI is InChI=1S/C13H25F3O6SSi/c1-6-10(24(4,5)21-3)7-8-11(17)22-12(2,13(14,15)16)9-23(18,19)20/h10H,6-9H2,1-5H3,(H,18,19,20). The third-order valence-corrected chi connectivity index (χ3v) is 8.73. The van der Waals surface area contributed by atoms with Crippen LogP contribution in [0.15, 0.2) is 0 Å². The fourth-order valence-corrected chi connectivity index (χ4v) is 5.40. The van der Waals surface area contributed by atoms with Crippen LogP contribution in [0.3, 0.4) is 0 Å². The van der Waals surface area contributed by atoms with Gasteiger partial charge >= 0.3 is 12.1 Å². The second-order valence-corrected chi connectivity index (χ2v) is 12.3. The molecule has 0 aromatic rings. The van der Waals surface area contributed by atoms with Crippen LogP contribution >= 0.6 is 0 Å². The van der Waals surface area contributed by atoms with Gasteiger partial charge in [0.05, 0.1) is 0 Å². The number of hydrogen-bond donors (Lipinski definition) is 1. The molecule has 6 nitrogen and oxygen atoms in total. The van der Waals surface area contributed by atoms with Gasteiger partial charge in [0.25, 0.3) is 10.1 Å². The lowest BCUT2D eigenvalue weighted by Gasteiger charge is -2.32. The molecular weight excluding hydrogens is 369 g/mol. The number of rotatable bonds is 9. The summed E-state index contributed by atoms with van der Waals surface area (Å²) in [5.41, 5.74) is -3.26. The lowest BCUT2D eigenvalue weighted by atomic mass is 10.1. The second-order valence-electron chi connectivity index (χ2n) is 6.38. The van der Waals surface area contributed by atoms with Crippen molar-refractivity contribution in [2.75, 3.05) is 12.9 Å². The highest BCUT2D eigenvalue weighted by atomic mass is 32.2. The summed E-state index contributed by atoms with van der Waals surface area (Å²) in [5.74, 6) is -2.91. The highest BCUT2D eigenvalue weighted by molar-refractivity contribution is 7.85. The van der Waals surface area contributed by atoms with E-state index in [1.165, 1.54) is 0 Å². The highest BCUT2D eigenvalue weighted by Crippen LogP contribution is 2.36. The Labute approximate surface area is 141 Å². The first-order chi connectivity index (χ1) is 10.6. The number of alkyl halides is 3. The summed E-state index contributed by atoms with van der Waals surface area (Å²) in [6.07, 6.45) is -4.46. The third kappa shape index (κ3) is 7.07. The Hall–Kier alpha value is -0.653. The molecule has 144 valence electrons. The minimum Gasteiger partial charge on any atom is -0.448 e. The molecule has 0 amide bonds. The molecule has 0 fully saturated rings. The van der Waals surface area contributed by atoms with Gasteiger partial charge in [0.15, 0.2) is 8.32 Å². The van der Waals surface area contributed by atoms with Crippen molar-refractivity contribution in [2.45, 2.75) is 63.5 Å². The maximum Gasteiger partial charge on any atom is 0.429 e. The van der Waals surface area contributed by atoms with Gasteiger partial charge in [-0.3, -0.25) is 9.35 Å². The maximum atomic E-state index is 13.0. The highest BCUT2D eigenvalue weighted by Gasteiger charge is 2.57. The summed E-state index contributed by atoms with van der Waals surface area (Å²) < 4.78 is 79.3. The SMILES string of the molecule is CCC(CCC(=O)OC(C)(CS(=O)(=O)O)C(F)(F)F)[Si](C)(C)OC. The van der Waals surface area contributed by atoms with Crippen LogP contribution in [0.2, 0.25) is 18.6 Å². The zero-order valence-corrected chi connectivity index (χ0v) is 16.3. The number of esters is 1. The first-order valence-corrected chi connectivity index (χ1v) is 12.0. The Morgan fingerprint density at radius 1 is 1.29 bits per heavy atom. The molecule has 0 spiro atoms. The Bertz CT molecular complexity index is 534. The van der Waals surface area contributed by atoms with E-state index in [4.69, 9.17) is 8.98 Å². The molecule has 0 heterocycles. The van der Waals surface area contributed by atoms with Crippen LogP contribution in [-0.4, -0.2) is 51.9 Å². The summed E-state index contributed by atoms with van der Waals surface area (Å²) in [5, 5.41) is 0. The zero-order chi connectivity index (χ0) is 19.4. The molecule has 0 aromatic carbocycles. The van der Waals surface area contributed by atoms with Crippen molar-refractivity contribution >= 4 is 24.4 Å². The molecule has 1 N–H and O–H groups in total. The summed E-state index contributed by atoms with van der Waals surface area (Å²) in [7, 11) is -5.50. The van der Waals surface area contributed by atoms with Crippen LogP contribution in [0.4, 0.5) is 13.2 Å². The molecule has 0 aliphatic rings. The Kier molecular flexibility index (Phi) is 7.93. The summed E-state index contributed by atoms with van der Waals surface area (Å²) in [6.45, 7) is 6.18. The van der Waals surface area contributed by atoms with E-state index < -0.39 is 41.9 Å². The summed E-state index contributed by atoms with van der Waals surface area (Å²) in [6, 6.07) is 0. The average Bonchev–Trinajstić information content (AvgIpc) is 2.35.